The van der Waals surface area contributed by atoms with Crippen LogP contribution in [0.25, 0.3) is 0 Å². The number of aliphatic hydroxyl groups is 1. The molecule has 0 saturated heterocycles. The van der Waals surface area contributed by atoms with E-state index in [0.29, 0.717) is 0 Å². The van der Waals surface area contributed by atoms with Gasteiger partial charge in [0, 0.05) is 23.3 Å². The van der Waals surface area contributed by atoms with E-state index in [1.807, 2.05) is 13.8 Å². The first kappa shape index (κ1) is 12.6. The summed E-state index contributed by atoms with van der Waals surface area (Å²) in [4.78, 5) is 0. The molecule has 1 aromatic heterocycles. The average Bonchev–Trinajstić information content (AvgIpc) is 2.68. The fourth-order valence-corrected chi connectivity index (χ4v) is 2.73. The van der Waals surface area contributed by atoms with E-state index in [-0.39, 0.29) is 12.1 Å². The number of hydrogen-bond acceptors (Lipinski definition) is 3. The van der Waals surface area contributed by atoms with Crippen molar-refractivity contribution < 1.29 is 5.11 Å². The second-order valence-corrected chi connectivity index (χ2v) is 5.27. The van der Waals surface area contributed by atoms with Crippen LogP contribution in [0, 0.1) is 13.8 Å². The number of aromatic amines is 1. The topological polar surface area (TPSA) is 60.9 Å². The highest BCUT2D eigenvalue weighted by atomic mass is 16.3. The summed E-state index contributed by atoms with van der Waals surface area (Å²) in [7, 11) is 0. The molecule has 2 rings (SSSR count). The molecule has 1 aliphatic carbocycles. The Bertz CT molecular complexity index is 347. The normalized spacial score (nSPS) is 19.5. The monoisotopic (exact) mass is 237 g/mol. The molecule has 1 aromatic rings. The van der Waals surface area contributed by atoms with Crippen LogP contribution in [0.1, 0.15) is 49.1 Å². The van der Waals surface area contributed by atoms with Crippen molar-refractivity contribution in [1.29, 1.82) is 0 Å². The van der Waals surface area contributed by atoms with Crippen molar-refractivity contribution in [2.45, 2.75) is 58.0 Å². The SMILES string of the molecule is Cc1n[nH]c(C)c1CNC1(CO)CCCCC1. The van der Waals surface area contributed by atoms with E-state index in [1.165, 1.54) is 24.8 Å². The smallest absolute Gasteiger partial charge is 0.0638 e. The molecular weight excluding hydrogens is 214 g/mol. The van der Waals surface area contributed by atoms with Crippen molar-refractivity contribution in [2.75, 3.05) is 6.61 Å². The summed E-state index contributed by atoms with van der Waals surface area (Å²) in [5.41, 5.74) is 3.36. The third-order valence-corrected chi connectivity index (χ3v) is 4.03. The molecule has 0 bridgehead atoms. The minimum Gasteiger partial charge on any atom is -0.394 e. The largest absolute Gasteiger partial charge is 0.394 e. The summed E-state index contributed by atoms with van der Waals surface area (Å²) < 4.78 is 0. The zero-order valence-electron chi connectivity index (χ0n) is 10.8. The highest BCUT2D eigenvalue weighted by molar-refractivity contribution is 5.23. The molecule has 0 aromatic carbocycles. The molecule has 0 unspecified atom stereocenters. The number of aliphatic hydroxyl groups excluding tert-OH is 1. The maximum absolute atomic E-state index is 9.62. The first-order chi connectivity index (χ1) is 8.17. The number of aryl methyl sites for hydroxylation is 2. The van der Waals surface area contributed by atoms with Crippen molar-refractivity contribution in [2.24, 2.45) is 0 Å². The zero-order chi connectivity index (χ0) is 12.3. The van der Waals surface area contributed by atoms with Crippen molar-refractivity contribution in [3.8, 4) is 0 Å². The van der Waals surface area contributed by atoms with E-state index in [2.05, 4.69) is 15.5 Å². The molecule has 1 saturated carbocycles. The summed E-state index contributed by atoms with van der Waals surface area (Å²) in [5.74, 6) is 0. The van der Waals surface area contributed by atoms with Crippen LogP contribution in [0.3, 0.4) is 0 Å². The van der Waals surface area contributed by atoms with E-state index in [0.717, 1.165) is 30.8 Å². The van der Waals surface area contributed by atoms with Gasteiger partial charge in [-0.05, 0) is 26.7 Å². The number of nitrogens with zero attached hydrogens (tertiary/aromatic N) is 1. The standard InChI is InChI=1S/C13H23N3O/c1-10-12(11(2)16-15-10)8-14-13(9-17)6-4-3-5-7-13/h14,17H,3-9H2,1-2H3,(H,15,16). The lowest BCUT2D eigenvalue weighted by molar-refractivity contribution is 0.119. The Morgan fingerprint density at radius 3 is 2.53 bits per heavy atom. The third kappa shape index (κ3) is 2.69. The molecule has 0 spiro atoms. The van der Waals surface area contributed by atoms with Gasteiger partial charge in [-0.2, -0.15) is 5.10 Å². The Labute approximate surface area is 103 Å². The number of rotatable bonds is 4. The Hall–Kier alpha value is -0.870. The van der Waals surface area contributed by atoms with E-state index in [1.54, 1.807) is 0 Å². The van der Waals surface area contributed by atoms with Gasteiger partial charge in [0.2, 0.25) is 0 Å². The molecular formula is C13H23N3O. The number of aromatic nitrogens is 2. The molecule has 1 heterocycles. The molecule has 96 valence electrons. The predicted octanol–water partition coefficient (Wildman–Crippen LogP) is 1.81. The highest BCUT2D eigenvalue weighted by Gasteiger charge is 2.30. The maximum Gasteiger partial charge on any atom is 0.0638 e. The van der Waals surface area contributed by atoms with Gasteiger partial charge in [-0.15, -0.1) is 0 Å². The molecule has 0 aliphatic heterocycles. The molecule has 3 N–H and O–H groups in total. The van der Waals surface area contributed by atoms with Crippen molar-refractivity contribution in [3.63, 3.8) is 0 Å². The van der Waals surface area contributed by atoms with Crippen LogP contribution >= 0.6 is 0 Å². The maximum atomic E-state index is 9.62. The molecule has 0 amide bonds. The predicted molar refractivity (Wildman–Crippen MR) is 67.8 cm³/mol. The summed E-state index contributed by atoms with van der Waals surface area (Å²) in [6, 6.07) is 0. The number of H-pyrrole nitrogens is 1. The molecule has 0 atom stereocenters. The van der Waals surface area contributed by atoms with Gasteiger partial charge in [0.15, 0.2) is 0 Å². The van der Waals surface area contributed by atoms with Crippen molar-refractivity contribution in [1.82, 2.24) is 15.5 Å². The van der Waals surface area contributed by atoms with Gasteiger partial charge in [-0.25, -0.2) is 0 Å². The molecule has 1 aliphatic rings. The van der Waals surface area contributed by atoms with E-state index >= 15 is 0 Å². The average molecular weight is 237 g/mol. The molecule has 1 fully saturated rings. The van der Waals surface area contributed by atoms with Crippen LogP contribution in [0.2, 0.25) is 0 Å². The van der Waals surface area contributed by atoms with Crippen LogP contribution in [0.15, 0.2) is 0 Å². The fraction of sp³-hybridized carbons (Fsp3) is 0.769. The first-order valence-electron chi connectivity index (χ1n) is 6.53. The Morgan fingerprint density at radius 2 is 2.00 bits per heavy atom. The van der Waals surface area contributed by atoms with Gasteiger partial charge < -0.3 is 10.4 Å². The highest BCUT2D eigenvalue weighted by Crippen LogP contribution is 2.28. The fourth-order valence-electron chi connectivity index (χ4n) is 2.73. The number of nitrogens with one attached hydrogen (secondary N) is 2. The van der Waals surface area contributed by atoms with Crippen LogP contribution < -0.4 is 5.32 Å². The van der Waals surface area contributed by atoms with Gasteiger partial charge in [0.25, 0.3) is 0 Å². The summed E-state index contributed by atoms with van der Waals surface area (Å²) in [5, 5.41) is 20.4. The number of hydrogen-bond donors (Lipinski definition) is 3. The van der Waals surface area contributed by atoms with Crippen molar-refractivity contribution >= 4 is 0 Å². The third-order valence-electron chi connectivity index (χ3n) is 4.03. The minimum absolute atomic E-state index is 0.0611. The van der Waals surface area contributed by atoms with E-state index < -0.39 is 0 Å². The molecule has 4 heteroatoms. The molecule has 4 nitrogen and oxygen atoms in total. The molecule has 0 radical (unpaired) electrons. The Balaban J connectivity index is 2.00. The van der Waals surface area contributed by atoms with Gasteiger partial charge >= 0.3 is 0 Å². The Morgan fingerprint density at radius 1 is 1.29 bits per heavy atom. The van der Waals surface area contributed by atoms with Gasteiger partial charge in [0.1, 0.15) is 0 Å². The lowest BCUT2D eigenvalue weighted by atomic mass is 9.82. The summed E-state index contributed by atoms with van der Waals surface area (Å²) in [6.07, 6.45) is 5.90. The molecule has 17 heavy (non-hydrogen) atoms. The second-order valence-electron chi connectivity index (χ2n) is 5.27. The second kappa shape index (κ2) is 5.19. The minimum atomic E-state index is -0.0611. The van der Waals surface area contributed by atoms with Gasteiger partial charge in [-0.3, -0.25) is 5.10 Å². The lowest BCUT2D eigenvalue weighted by Gasteiger charge is -2.36. The first-order valence-corrected chi connectivity index (χ1v) is 6.53. The van der Waals surface area contributed by atoms with Gasteiger partial charge in [-0.1, -0.05) is 19.3 Å². The van der Waals surface area contributed by atoms with Crippen LogP contribution in [0.5, 0.6) is 0 Å². The van der Waals surface area contributed by atoms with E-state index in [9.17, 15) is 5.11 Å². The van der Waals surface area contributed by atoms with Crippen molar-refractivity contribution in [3.05, 3.63) is 17.0 Å². The quantitative estimate of drug-likeness (QED) is 0.748. The zero-order valence-corrected chi connectivity index (χ0v) is 10.8. The van der Waals surface area contributed by atoms with Crippen LogP contribution in [-0.2, 0) is 6.54 Å². The lowest BCUT2D eigenvalue weighted by Crippen LogP contribution is -2.49. The van der Waals surface area contributed by atoms with Crippen LogP contribution in [0.4, 0.5) is 0 Å². The van der Waals surface area contributed by atoms with Crippen LogP contribution in [-0.4, -0.2) is 27.4 Å². The Kier molecular flexibility index (Phi) is 3.84. The van der Waals surface area contributed by atoms with E-state index in [4.69, 9.17) is 0 Å². The summed E-state index contributed by atoms with van der Waals surface area (Å²) >= 11 is 0. The van der Waals surface area contributed by atoms with Gasteiger partial charge in [0.05, 0.1) is 12.3 Å². The summed E-state index contributed by atoms with van der Waals surface area (Å²) in [6.45, 7) is 5.11.